The normalized spacial score (nSPS) is 14.4. The molecule has 1 aliphatic rings. The van der Waals surface area contributed by atoms with Crippen LogP contribution in [0.1, 0.15) is 25.8 Å². The topological polar surface area (TPSA) is 88.5 Å². The van der Waals surface area contributed by atoms with Crippen LogP contribution in [-0.4, -0.2) is 37.5 Å². The average Bonchev–Trinajstić information content (AvgIpc) is 3.24. The van der Waals surface area contributed by atoms with E-state index in [9.17, 15) is 4.79 Å². The number of anilines is 1. The lowest BCUT2D eigenvalue weighted by Gasteiger charge is -2.07. The van der Waals surface area contributed by atoms with Gasteiger partial charge in [0.2, 0.25) is 0 Å². The molecule has 0 aliphatic heterocycles. The highest BCUT2D eigenvalue weighted by atomic mass is 32.2. The molecule has 3 rings (SSSR count). The minimum absolute atomic E-state index is 0.147. The lowest BCUT2D eigenvalue weighted by Crippen LogP contribution is -2.16. The third-order valence-corrected chi connectivity index (χ3v) is 4.44. The van der Waals surface area contributed by atoms with Crippen molar-refractivity contribution in [2.45, 2.75) is 41.1 Å². The molecule has 1 saturated carbocycles. The molecule has 112 valence electrons. The Hall–Kier alpha value is -1.48. The highest BCUT2D eigenvalue weighted by Crippen LogP contribution is 2.37. The number of H-pyrrole nitrogens is 1. The summed E-state index contributed by atoms with van der Waals surface area (Å²) in [5.74, 6) is 0.787. The lowest BCUT2D eigenvalue weighted by molar-refractivity contribution is 0.642. The zero-order valence-electron chi connectivity index (χ0n) is 11.8. The van der Waals surface area contributed by atoms with E-state index in [-0.39, 0.29) is 11.7 Å². The fourth-order valence-corrected chi connectivity index (χ4v) is 3.28. The van der Waals surface area contributed by atoms with Gasteiger partial charge < -0.3 is 5.32 Å². The van der Waals surface area contributed by atoms with Gasteiger partial charge in [-0.05, 0) is 37.8 Å². The van der Waals surface area contributed by atoms with Gasteiger partial charge in [-0.1, -0.05) is 11.8 Å². The fraction of sp³-hybridized carbons (Fsp3) is 0.500. The van der Waals surface area contributed by atoms with E-state index in [2.05, 4.69) is 25.5 Å². The Kier molecular flexibility index (Phi) is 4.20. The maximum Gasteiger partial charge on any atom is 0.344 e. The number of nitrogens with one attached hydrogen (secondary N) is 2. The van der Waals surface area contributed by atoms with Gasteiger partial charge >= 0.3 is 5.69 Å². The van der Waals surface area contributed by atoms with Gasteiger partial charge in [0.1, 0.15) is 10.8 Å². The summed E-state index contributed by atoms with van der Waals surface area (Å²) in [7, 11) is 0. The number of rotatable bonds is 6. The third kappa shape index (κ3) is 3.24. The summed E-state index contributed by atoms with van der Waals surface area (Å²) in [6.45, 7) is 2.82. The molecule has 1 aliphatic carbocycles. The van der Waals surface area contributed by atoms with Crippen LogP contribution in [0.5, 0.6) is 0 Å². The Morgan fingerprint density at radius 3 is 2.95 bits per heavy atom. The zero-order chi connectivity index (χ0) is 14.8. The molecule has 0 amide bonds. The lowest BCUT2D eigenvalue weighted by atomic mass is 10.5. The summed E-state index contributed by atoms with van der Waals surface area (Å²) in [5, 5.41) is 12.0. The summed E-state index contributed by atoms with van der Waals surface area (Å²) in [4.78, 5) is 20.6. The van der Waals surface area contributed by atoms with Crippen LogP contribution in [0.25, 0.3) is 0 Å². The fourth-order valence-electron chi connectivity index (χ4n) is 1.93. The molecule has 0 radical (unpaired) electrons. The molecule has 9 heteroatoms. The molecule has 2 aromatic heterocycles. The van der Waals surface area contributed by atoms with Crippen LogP contribution in [-0.2, 0) is 0 Å². The molecule has 0 spiro atoms. The van der Waals surface area contributed by atoms with Gasteiger partial charge in [0.25, 0.3) is 0 Å². The molecule has 0 atom stereocenters. The Bertz CT molecular complexity index is 693. The third-order valence-electron chi connectivity index (χ3n) is 3.00. The molecule has 1 fully saturated rings. The van der Waals surface area contributed by atoms with Gasteiger partial charge in [0.15, 0.2) is 10.3 Å². The first kappa shape index (κ1) is 14.5. The largest absolute Gasteiger partial charge is 0.370 e. The predicted molar refractivity (Wildman–Crippen MR) is 83.2 cm³/mol. The van der Waals surface area contributed by atoms with Crippen LogP contribution in [0.4, 0.5) is 5.82 Å². The van der Waals surface area contributed by atoms with Crippen molar-refractivity contribution in [1.82, 2.24) is 24.7 Å². The highest BCUT2D eigenvalue weighted by molar-refractivity contribution is 7.99. The summed E-state index contributed by atoms with van der Waals surface area (Å²) in [6.07, 6.45) is 4.01. The first-order valence-corrected chi connectivity index (χ1v) is 8.77. The molecule has 21 heavy (non-hydrogen) atoms. The van der Waals surface area contributed by atoms with Gasteiger partial charge in [-0.15, -0.1) is 5.10 Å². The van der Waals surface area contributed by atoms with E-state index >= 15 is 0 Å². The Morgan fingerprint density at radius 1 is 1.48 bits per heavy atom. The molecular formula is C12H16N6OS2. The molecule has 0 unspecified atom stereocenters. The second kappa shape index (κ2) is 6.10. The average molecular weight is 324 g/mol. The highest BCUT2D eigenvalue weighted by Gasteiger charge is 2.29. The number of aromatic amines is 1. The first-order chi connectivity index (χ1) is 10.2. The van der Waals surface area contributed by atoms with Crippen molar-refractivity contribution in [1.29, 1.82) is 0 Å². The van der Waals surface area contributed by atoms with Crippen LogP contribution < -0.4 is 11.0 Å². The summed E-state index contributed by atoms with van der Waals surface area (Å²) in [6, 6.07) is 2.17. The molecule has 0 aromatic carbocycles. The SMILES string of the molecule is CCNc1cc(Sc2n[nH]c(=O)n2C2CC2)nc(SC)n1. The van der Waals surface area contributed by atoms with Crippen molar-refractivity contribution >= 4 is 29.3 Å². The van der Waals surface area contributed by atoms with Crippen molar-refractivity contribution < 1.29 is 0 Å². The van der Waals surface area contributed by atoms with E-state index < -0.39 is 0 Å². The monoisotopic (exact) mass is 324 g/mol. The van der Waals surface area contributed by atoms with E-state index in [0.717, 1.165) is 30.2 Å². The van der Waals surface area contributed by atoms with E-state index in [1.807, 2.05) is 19.2 Å². The van der Waals surface area contributed by atoms with Crippen LogP contribution in [0.15, 0.2) is 26.2 Å². The predicted octanol–water partition coefficient (Wildman–Crippen LogP) is 2.00. The van der Waals surface area contributed by atoms with E-state index in [1.165, 1.54) is 23.5 Å². The zero-order valence-corrected chi connectivity index (χ0v) is 13.4. The second-order valence-electron chi connectivity index (χ2n) is 4.62. The summed E-state index contributed by atoms with van der Waals surface area (Å²) in [5.41, 5.74) is -0.147. The van der Waals surface area contributed by atoms with Crippen LogP contribution in [0.3, 0.4) is 0 Å². The van der Waals surface area contributed by atoms with Gasteiger partial charge in [-0.25, -0.2) is 19.9 Å². The number of nitrogens with zero attached hydrogens (tertiary/aromatic N) is 4. The van der Waals surface area contributed by atoms with Crippen LogP contribution >= 0.6 is 23.5 Å². The van der Waals surface area contributed by atoms with Gasteiger partial charge in [0.05, 0.1) is 0 Å². The number of aromatic nitrogens is 5. The molecule has 2 aromatic rings. The minimum atomic E-state index is -0.147. The van der Waals surface area contributed by atoms with Gasteiger partial charge in [-0.3, -0.25) is 4.57 Å². The Labute approximate surface area is 130 Å². The van der Waals surface area contributed by atoms with E-state index in [4.69, 9.17) is 0 Å². The standard InChI is InChI=1S/C12H16N6OS2/c1-3-13-8-6-9(15-10(14-8)20-2)21-12-17-16-11(19)18(12)7-4-5-7/h6-7H,3-5H2,1-2H3,(H,16,19)(H,13,14,15). The molecular weight excluding hydrogens is 308 g/mol. The molecule has 2 N–H and O–H groups in total. The van der Waals surface area contributed by atoms with E-state index in [1.54, 1.807) is 4.57 Å². The maximum atomic E-state index is 11.8. The number of hydrogen-bond donors (Lipinski definition) is 2. The quantitative estimate of drug-likeness (QED) is 0.477. The van der Waals surface area contributed by atoms with Crippen molar-refractivity contribution in [3.05, 3.63) is 16.6 Å². The molecule has 2 heterocycles. The Morgan fingerprint density at radius 2 is 2.29 bits per heavy atom. The van der Waals surface area contributed by atoms with Crippen molar-refractivity contribution in [3.63, 3.8) is 0 Å². The summed E-state index contributed by atoms with van der Waals surface area (Å²) >= 11 is 2.88. The van der Waals surface area contributed by atoms with Gasteiger partial charge in [-0.2, -0.15) is 0 Å². The number of thioether (sulfide) groups is 1. The van der Waals surface area contributed by atoms with Crippen LogP contribution in [0, 0.1) is 0 Å². The maximum absolute atomic E-state index is 11.8. The van der Waals surface area contributed by atoms with Crippen molar-refractivity contribution in [2.24, 2.45) is 0 Å². The minimum Gasteiger partial charge on any atom is -0.370 e. The van der Waals surface area contributed by atoms with Gasteiger partial charge in [0, 0.05) is 18.7 Å². The molecule has 0 bridgehead atoms. The first-order valence-electron chi connectivity index (χ1n) is 6.73. The second-order valence-corrected chi connectivity index (χ2v) is 6.38. The smallest absolute Gasteiger partial charge is 0.344 e. The molecule has 7 nitrogen and oxygen atoms in total. The van der Waals surface area contributed by atoms with E-state index in [0.29, 0.717) is 10.3 Å². The Balaban J connectivity index is 1.90. The van der Waals surface area contributed by atoms with Crippen molar-refractivity contribution in [2.75, 3.05) is 18.1 Å². The van der Waals surface area contributed by atoms with Crippen molar-refractivity contribution in [3.8, 4) is 0 Å². The molecule has 0 saturated heterocycles. The van der Waals surface area contributed by atoms with Crippen LogP contribution in [0.2, 0.25) is 0 Å². The number of hydrogen-bond acceptors (Lipinski definition) is 7. The summed E-state index contributed by atoms with van der Waals surface area (Å²) < 4.78 is 1.72.